The van der Waals surface area contributed by atoms with Crippen LogP contribution in [0.5, 0.6) is 0 Å². The normalized spacial score (nSPS) is 12.5. The Bertz CT molecular complexity index is 1640. The van der Waals surface area contributed by atoms with Gasteiger partial charge in [-0.15, -0.1) is 0 Å². The molecule has 4 aromatic rings. The Balaban J connectivity index is 1.64. The number of carboxylic acids is 1. The Labute approximate surface area is 241 Å². The molecule has 5 N–H and O–H groups in total. The van der Waals surface area contributed by atoms with Crippen molar-refractivity contribution in [3.8, 4) is 11.3 Å². The molecule has 3 heterocycles. The van der Waals surface area contributed by atoms with Crippen molar-refractivity contribution >= 4 is 61.9 Å². The molecule has 3 aromatic heterocycles. The molecule has 0 bridgehead atoms. The van der Waals surface area contributed by atoms with Crippen LogP contribution in [-0.4, -0.2) is 48.8 Å². The summed E-state index contributed by atoms with van der Waals surface area (Å²) in [7, 11) is -2.62. The van der Waals surface area contributed by atoms with Crippen molar-refractivity contribution in [2.75, 3.05) is 34.5 Å². The Hall–Kier alpha value is -3.87. The average molecular weight is 605 g/mol. The van der Waals surface area contributed by atoms with Crippen LogP contribution in [0.25, 0.3) is 11.3 Å². The zero-order valence-corrected chi connectivity index (χ0v) is 24.0. The highest BCUT2D eigenvalue weighted by Crippen LogP contribution is 2.34. The largest absolute Gasteiger partial charge is 0.478 e. The molecule has 11 nitrogen and oxygen atoms in total. The Kier molecular flexibility index (Phi) is 9.13. The maximum atomic E-state index is 11.8. The van der Waals surface area contributed by atoms with Crippen molar-refractivity contribution in [2.45, 2.75) is 19.9 Å². The average Bonchev–Trinajstić information content (AvgIpc) is 3.36. The van der Waals surface area contributed by atoms with Gasteiger partial charge in [0.25, 0.3) is 0 Å². The first-order chi connectivity index (χ1) is 19.0. The molecule has 1 atom stereocenters. The van der Waals surface area contributed by atoms with Crippen molar-refractivity contribution < 1.29 is 18.5 Å². The van der Waals surface area contributed by atoms with Gasteiger partial charge in [-0.2, -0.15) is 0 Å². The molecule has 0 radical (unpaired) electrons. The van der Waals surface area contributed by atoms with Crippen LogP contribution in [0.3, 0.4) is 0 Å². The van der Waals surface area contributed by atoms with Gasteiger partial charge in [0.15, 0.2) is 11.6 Å². The number of hydrogen-bond acceptors (Lipinski definition) is 10. The lowest BCUT2D eigenvalue weighted by molar-refractivity contribution is 0.0697. The van der Waals surface area contributed by atoms with Crippen LogP contribution >= 0.6 is 23.2 Å². The SMILES string of the molecule is Cc1nc(NCCCS(C)(=N)=O)c(NCc2ccc(-c3cc(Cl)ccc3Cl)o2)c(Nc2ccncc2C(=O)O)n1. The highest BCUT2D eigenvalue weighted by Gasteiger charge is 2.18. The van der Waals surface area contributed by atoms with E-state index in [2.05, 4.69) is 30.9 Å². The maximum Gasteiger partial charge on any atom is 0.339 e. The smallest absolute Gasteiger partial charge is 0.339 e. The summed E-state index contributed by atoms with van der Waals surface area (Å²) in [5, 5.41) is 20.2. The molecule has 0 amide bonds. The fourth-order valence-corrected chi connectivity index (χ4v) is 4.87. The van der Waals surface area contributed by atoms with Gasteiger partial charge >= 0.3 is 5.97 Å². The zero-order valence-electron chi connectivity index (χ0n) is 21.6. The topological polar surface area (TPSA) is 166 Å². The van der Waals surface area contributed by atoms with E-state index in [-0.39, 0.29) is 17.9 Å². The third-order valence-electron chi connectivity index (χ3n) is 5.62. The van der Waals surface area contributed by atoms with E-state index in [1.165, 1.54) is 24.7 Å². The molecular formula is C26H27Cl2N7O4S. The number of carboxylic acid groups (broad SMARTS) is 1. The van der Waals surface area contributed by atoms with E-state index in [1.54, 1.807) is 37.3 Å². The first-order valence-corrected chi connectivity index (χ1v) is 15.0. The van der Waals surface area contributed by atoms with Crippen molar-refractivity contribution in [3.05, 3.63) is 76.0 Å². The Morgan fingerprint density at radius 2 is 1.90 bits per heavy atom. The molecule has 0 aliphatic rings. The number of aromatic carboxylic acids is 1. The van der Waals surface area contributed by atoms with Gasteiger partial charge in [0.05, 0.1) is 17.3 Å². The fourth-order valence-electron chi connectivity index (χ4n) is 3.79. The number of aryl methyl sites for hydroxylation is 1. The second kappa shape index (κ2) is 12.5. The zero-order chi connectivity index (χ0) is 28.9. The van der Waals surface area contributed by atoms with Crippen LogP contribution in [-0.2, 0) is 16.3 Å². The predicted octanol–water partition coefficient (Wildman–Crippen LogP) is 6.28. The number of pyridine rings is 1. The number of hydrogen-bond donors (Lipinski definition) is 5. The summed E-state index contributed by atoms with van der Waals surface area (Å²) in [6, 6.07) is 10.2. The number of carbonyl (C=O) groups is 1. The third-order valence-corrected chi connectivity index (χ3v) is 7.26. The minimum atomic E-state index is -2.62. The van der Waals surface area contributed by atoms with Gasteiger partial charge in [-0.1, -0.05) is 23.2 Å². The van der Waals surface area contributed by atoms with Gasteiger partial charge in [-0.3, -0.25) is 14.0 Å². The van der Waals surface area contributed by atoms with Crippen LogP contribution < -0.4 is 16.0 Å². The lowest BCUT2D eigenvalue weighted by atomic mass is 10.2. The van der Waals surface area contributed by atoms with Crippen molar-refractivity contribution in [1.82, 2.24) is 15.0 Å². The van der Waals surface area contributed by atoms with E-state index in [1.807, 2.05) is 0 Å². The van der Waals surface area contributed by atoms with Gasteiger partial charge < -0.3 is 25.5 Å². The first-order valence-electron chi connectivity index (χ1n) is 12.1. The minimum Gasteiger partial charge on any atom is -0.478 e. The van der Waals surface area contributed by atoms with E-state index < -0.39 is 15.7 Å². The van der Waals surface area contributed by atoms with Crippen LogP contribution in [0.15, 0.2) is 53.2 Å². The summed E-state index contributed by atoms with van der Waals surface area (Å²) >= 11 is 12.5. The molecular weight excluding hydrogens is 577 g/mol. The lowest BCUT2D eigenvalue weighted by Gasteiger charge is -2.18. The molecule has 0 fully saturated rings. The monoisotopic (exact) mass is 603 g/mol. The number of furan rings is 1. The second-order valence-electron chi connectivity index (χ2n) is 8.93. The maximum absolute atomic E-state index is 11.8. The fraction of sp³-hybridized carbons (Fsp3) is 0.231. The Morgan fingerprint density at radius 1 is 1.12 bits per heavy atom. The van der Waals surface area contributed by atoms with Crippen molar-refractivity contribution in [1.29, 1.82) is 4.78 Å². The van der Waals surface area contributed by atoms with Crippen molar-refractivity contribution in [2.24, 2.45) is 0 Å². The van der Waals surface area contributed by atoms with E-state index in [4.69, 9.17) is 32.4 Å². The molecule has 0 saturated heterocycles. The number of halogens is 2. The third kappa shape index (κ3) is 7.62. The molecule has 1 aromatic carbocycles. The molecule has 210 valence electrons. The second-order valence-corrected chi connectivity index (χ2v) is 12.2. The summed E-state index contributed by atoms with van der Waals surface area (Å²) in [4.78, 5) is 24.7. The number of anilines is 4. The summed E-state index contributed by atoms with van der Waals surface area (Å²) in [6.07, 6.45) is 4.61. The summed E-state index contributed by atoms with van der Waals surface area (Å²) in [5.74, 6) is 1.42. The molecule has 0 saturated carbocycles. The number of aromatic nitrogens is 3. The molecule has 14 heteroatoms. The van der Waals surface area contributed by atoms with Crippen LogP contribution in [0.2, 0.25) is 10.0 Å². The van der Waals surface area contributed by atoms with Crippen LogP contribution in [0, 0.1) is 11.7 Å². The van der Waals surface area contributed by atoms with Gasteiger partial charge in [0.2, 0.25) is 0 Å². The molecule has 0 spiro atoms. The molecule has 0 aliphatic carbocycles. The minimum absolute atomic E-state index is 0.0264. The standard InChI is InChI=1S/C26H27Cl2N7O4S/c1-15-33-24(31-9-3-11-40(2,29)38)23(25(34-15)35-21-8-10-30-14-19(21)26(36)37)32-13-17-5-7-22(39-17)18-12-16(27)4-6-20(18)28/h4-8,10,12,14,29,32H,3,9,11,13H2,1-2H3,(H,36,37)(H2,30,31,33,34,35). The predicted molar refractivity (Wildman–Crippen MR) is 157 cm³/mol. The number of benzene rings is 1. The van der Waals surface area contributed by atoms with Gasteiger partial charge in [0.1, 0.15) is 28.6 Å². The van der Waals surface area contributed by atoms with Gasteiger partial charge in [-0.05, 0) is 49.7 Å². The van der Waals surface area contributed by atoms with Gasteiger partial charge in [0, 0.05) is 51.3 Å². The van der Waals surface area contributed by atoms with Gasteiger partial charge in [-0.25, -0.2) is 14.8 Å². The van der Waals surface area contributed by atoms with Crippen LogP contribution in [0.4, 0.5) is 23.0 Å². The molecule has 0 aliphatic heterocycles. The first kappa shape index (κ1) is 29.1. The quantitative estimate of drug-likeness (QED) is 0.116. The van der Waals surface area contributed by atoms with E-state index in [0.717, 1.165) is 0 Å². The highest BCUT2D eigenvalue weighted by molar-refractivity contribution is 7.91. The molecule has 4 rings (SSSR count). The summed E-state index contributed by atoms with van der Waals surface area (Å²) in [5.41, 5.74) is 1.39. The molecule has 1 unspecified atom stereocenters. The summed E-state index contributed by atoms with van der Waals surface area (Å²) in [6.45, 7) is 2.34. The lowest BCUT2D eigenvalue weighted by Crippen LogP contribution is -2.15. The van der Waals surface area contributed by atoms with Crippen LogP contribution in [0.1, 0.15) is 28.4 Å². The van der Waals surface area contributed by atoms with Crippen molar-refractivity contribution in [3.63, 3.8) is 0 Å². The number of nitrogens with zero attached hydrogens (tertiary/aromatic N) is 3. The van der Waals surface area contributed by atoms with E-state index >= 15 is 0 Å². The summed E-state index contributed by atoms with van der Waals surface area (Å²) < 4.78 is 25.4. The van der Waals surface area contributed by atoms with E-state index in [9.17, 15) is 14.1 Å². The number of rotatable bonds is 12. The molecule has 40 heavy (non-hydrogen) atoms. The highest BCUT2D eigenvalue weighted by atomic mass is 35.5. The number of nitrogens with one attached hydrogen (secondary N) is 4. The van der Waals surface area contributed by atoms with E-state index in [0.29, 0.717) is 68.9 Å². The Morgan fingerprint density at radius 3 is 2.65 bits per heavy atom.